The van der Waals surface area contributed by atoms with E-state index >= 15 is 0 Å². The maximum atomic E-state index is 8.87. The van der Waals surface area contributed by atoms with Crippen LogP contribution in [0.25, 0.3) is 0 Å². The monoisotopic (exact) mass is 269 g/mol. The average molecular weight is 269 g/mol. The molecule has 0 saturated carbocycles. The van der Waals surface area contributed by atoms with Gasteiger partial charge in [0.15, 0.2) is 11.5 Å². The highest BCUT2D eigenvalue weighted by atomic mass is 16.5. The highest BCUT2D eigenvalue weighted by Gasteiger charge is 2.13. The third-order valence-electron chi connectivity index (χ3n) is 2.94. The molecular formula is C14H23NO4. The second-order valence-corrected chi connectivity index (χ2v) is 4.33. The molecule has 0 aliphatic heterocycles. The molecule has 1 aromatic rings. The molecule has 0 amide bonds. The lowest BCUT2D eigenvalue weighted by molar-refractivity contribution is 0.268. The number of aliphatic hydroxyl groups is 1. The number of nitrogens with one attached hydrogen (secondary N) is 1. The Hall–Kier alpha value is -1.46. The van der Waals surface area contributed by atoms with Crippen LogP contribution in [0.15, 0.2) is 12.1 Å². The van der Waals surface area contributed by atoms with Gasteiger partial charge in [0.05, 0.1) is 21.3 Å². The Kier molecular flexibility index (Phi) is 6.45. The predicted octanol–water partition coefficient (Wildman–Crippen LogP) is 1.57. The number of methoxy groups -OCH3 is 3. The van der Waals surface area contributed by atoms with E-state index in [1.165, 1.54) is 0 Å². The highest BCUT2D eigenvalue weighted by Crippen LogP contribution is 2.38. The van der Waals surface area contributed by atoms with Gasteiger partial charge in [-0.1, -0.05) is 0 Å². The Balaban J connectivity index is 2.84. The zero-order chi connectivity index (χ0) is 14.3. The molecule has 1 rings (SSSR count). The Labute approximate surface area is 114 Å². The van der Waals surface area contributed by atoms with Crippen molar-refractivity contribution in [1.29, 1.82) is 0 Å². The van der Waals surface area contributed by atoms with E-state index in [0.29, 0.717) is 23.8 Å². The summed E-state index contributed by atoms with van der Waals surface area (Å²) in [6.07, 6.45) is 0.727. The molecule has 0 bridgehead atoms. The van der Waals surface area contributed by atoms with Crippen LogP contribution in [0.3, 0.4) is 0 Å². The molecular weight excluding hydrogens is 246 g/mol. The molecule has 0 aromatic heterocycles. The summed E-state index contributed by atoms with van der Waals surface area (Å²) in [7, 11) is 4.79. The summed E-state index contributed by atoms with van der Waals surface area (Å²) in [5, 5.41) is 12.2. The summed E-state index contributed by atoms with van der Waals surface area (Å²) in [6, 6.07) is 4.09. The zero-order valence-corrected chi connectivity index (χ0v) is 12.0. The molecule has 1 unspecified atom stereocenters. The maximum absolute atomic E-state index is 8.87. The smallest absolute Gasteiger partial charge is 0.203 e. The van der Waals surface area contributed by atoms with E-state index in [0.717, 1.165) is 12.0 Å². The number of benzene rings is 1. The molecule has 2 N–H and O–H groups in total. The fourth-order valence-corrected chi connectivity index (χ4v) is 1.83. The van der Waals surface area contributed by atoms with Gasteiger partial charge in [-0.15, -0.1) is 0 Å². The van der Waals surface area contributed by atoms with E-state index < -0.39 is 0 Å². The summed E-state index contributed by atoms with van der Waals surface area (Å²) in [5.41, 5.74) is 1.04. The fourth-order valence-electron chi connectivity index (χ4n) is 1.83. The van der Waals surface area contributed by atoms with Gasteiger partial charge in [0, 0.05) is 19.2 Å². The van der Waals surface area contributed by atoms with E-state index in [-0.39, 0.29) is 12.6 Å². The first-order valence-corrected chi connectivity index (χ1v) is 6.29. The highest BCUT2D eigenvalue weighted by molar-refractivity contribution is 5.53. The van der Waals surface area contributed by atoms with Crippen LogP contribution in [-0.4, -0.2) is 39.1 Å². The van der Waals surface area contributed by atoms with Crippen molar-refractivity contribution in [3.63, 3.8) is 0 Å². The first-order valence-electron chi connectivity index (χ1n) is 6.29. The van der Waals surface area contributed by atoms with Crippen LogP contribution >= 0.6 is 0 Å². The SMILES string of the molecule is COc1cc(CNC(C)CCO)cc(OC)c1OC. The summed E-state index contributed by atoms with van der Waals surface area (Å²) in [6.45, 7) is 2.90. The van der Waals surface area contributed by atoms with Gasteiger partial charge in [-0.2, -0.15) is 0 Å². The molecule has 5 heteroatoms. The molecule has 0 saturated heterocycles. The molecule has 0 fully saturated rings. The lowest BCUT2D eigenvalue weighted by Crippen LogP contribution is -2.26. The van der Waals surface area contributed by atoms with Crippen molar-refractivity contribution in [3.05, 3.63) is 17.7 Å². The van der Waals surface area contributed by atoms with Crippen molar-refractivity contribution in [2.45, 2.75) is 25.9 Å². The summed E-state index contributed by atoms with van der Waals surface area (Å²) < 4.78 is 15.9. The average Bonchev–Trinajstić information content (AvgIpc) is 2.44. The van der Waals surface area contributed by atoms with Crippen molar-refractivity contribution in [3.8, 4) is 17.2 Å². The van der Waals surface area contributed by atoms with Crippen molar-refractivity contribution < 1.29 is 19.3 Å². The normalized spacial score (nSPS) is 12.1. The van der Waals surface area contributed by atoms with Crippen LogP contribution in [0.1, 0.15) is 18.9 Å². The van der Waals surface area contributed by atoms with Gasteiger partial charge in [0.2, 0.25) is 5.75 Å². The second-order valence-electron chi connectivity index (χ2n) is 4.33. The summed E-state index contributed by atoms with van der Waals surface area (Å²) in [4.78, 5) is 0. The van der Waals surface area contributed by atoms with E-state index in [1.807, 2.05) is 19.1 Å². The van der Waals surface area contributed by atoms with E-state index in [4.69, 9.17) is 19.3 Å². The van der Waals surface area contributed by atoms with Crippen LogP contribution < -0.4 is 19.5 Å². The Morgan fingerprint density at radius 3 is 2.11 bits per heavy atom. The third-order valence-corrected chi connectivity index (χ3v) is 2.94. The summed E-state index contributed by atoms with van der Waals surface area (Å²) in [5.74, 6) is 1.89. The van der Waals surface area contributed by atoms with Crippen molar-refractivity contribution >= 4 is 0 Å². The van der Waals surface area contributed by atoms with Gasteiger partial charge >= 0.3 is 0 Å². The van der Waals surface area contributed by atoms with E-state index in [2.05, 4.69) is 5.32 Å². The van der Waals surface area contributed by atoms with Gasteiger partial charge < -0.3 is 24.6 Å². The van der Waals surface area contributed by atoms with Crippen LogP contribution in [0, 0.1) is 0 Å². The first-order chi connectivity index (χ1) is 9.15. The minimum Gasteiger partial charge on any atom is -0.493 e. The number of rotatable bonds is 8. The molecule has 5 nitrogen and oxygen atoms in total. The van der Waals surface area contributed by atoms with E-state index in [1.54, 1.807) is 21.3 Å². The lowest BCUT2D eigenvalue weighted by atomic mass is 10.1. The van der Waals surface area contributed by atoms with Crippen molar-refractivity contribution in [1.82, 2.24) is 5.32 Å². The van der Waals surface area contributed by atoms with Gasteiger partial charge in [0.1, 0.15) is 0 Å². The molecule has 0 spiro atoms. The van der Waals surface area contributed by atoms with Gasteiger partial charge in [-0.3, -0.25) is 0 Å². The molecule has 108 valence electrons. The molecule has 0 aliphatic rings. The van der Waals surface area contributed by atoms with Crippen LogP contribution in [0.5, 0.6) is 17.2 Å². The lowest BCUT2D eigenvalue weighted by Gasteiger charge is -2.16. The summed E-state index contributed by atoms with van der Waals surface area (Å²) >= 11 is 0. The number of hydrogen-bond acceptors (Lipinski definition) is 5. The second kappa shape index (κ2) is 7.86. The van der Waals surface area contributed by atoms with Crippen LogP contribution in [0.2, 0.25) is 0 Å². The molecule has 19 heavy (non-hydrogen) atoms. The van der Waals surface area contributed by atoms with Crippen molar-refractivity contribution in [2.75, 3.05) is 27.9 Å². The molecule has 0 radical (unpaired) electrons. The minimum absolute atomic E-state index is 0.184. The number of ether oxygens (including phenoxy) is 3. The minimum atomic E-state index is 0.184. The van der Waals surface area contributed by atoms with Crippen molar-refractivity contribution in [2.24, 2.45) is 0 Å². The molecule has 0 heterocycles. The maximum Gasteiger partial charge on any atom is 0.203 e. The van der Waals surface area contributed by atoms with Gasteiger partial charge in [-0.05, 0) is 31.0 Å². The zero-order valence-electron chi connectivity index (χ0n) is 12.0. The van der Waals surface area contributed by atoms with E-state index in [9.17, 15) is 0 Å². The van der Waals surface area contributed by atoms with Gasteiger partial charge in [0.25, 0.3) is 0 Å². The fraction of sp³-hybridized carbons (Fsp3) is 0.571. The standard InChI is InChI=1S/C14H23NO4/c1-10(5-6-16)15-9-11-7-12(17-2)14(19-4)13(8-11)18-3/h7-8,10,15-16H,5-6,9H2,1-4H3. The largest absolute Gasteiger partial charge is 0.493 e. The molecule has 1 aromatic carbocycles. The Bertz CT molecular complexity index is 370. The third kappa shape index (κ3) is 4.29. The Morgan fingerprint density at radius 1 is 1.11 bits per heavy atom. The number of hydrogen-bond donors (Lipinski definition) is 2. The molecule has 0 aliphatic carbocycles. The Morgan fingerprint density at radius 2 is 1.68 bits per heavy atom. The number of aliphatic hydroxyl groups excluding tert-OH is 1. The first kappa shape index (κ1) is 15.6. The predicted molar refractivity (Wildman–Crippen MR) is 74.1 cm³/mol. The van der Waals surface area contributed by atoms with Gasteiger partial charge in [-0.25, -0.2) is 0 Å². The molecule has 1 atom stereocenters. The van der Waals surface area contributed by atoms with Crippen LogP contribution in [0.4, 0.5) is 0 Å². The quantitative estimate of drug-likeness (QED) is 0.750. The van der Waals surface area contributed by atoms with Crippen LogP contribution in [-0.2, 0) is 6.54 Å². The topological polar surface area (TPSA) is 60.0 Å².